The molecule has 2 amide bonds. The third-order valence-electron chi connectivity index (χ3n) is 6.09. The van der Waals surface area contributed by atoms with Crippen molar-refractivity contribution in [3.63, 3.8) is 0 Å². The molecule has 1 aliphatic heterocycles. The molecule has 25 heavy (non-hydrogen) atoms. The molecule has 1 heterocycles. The van der Waals surface area contributed by atoms with Crippen LogP contribution in [-0.4, -0.2) is 23.6 Å². The highest BCUT2D eigenvalue weighted by atomic mass is 16.2. The van der Waals surface area contributed by atoms with E-state index in [0.717, 1.165) is 11.8 Å². The maximum atomic E-state index is 12.7. The standard InChI is InChI=1S/C20H25N3O2/c1-13(17-12-14-7-8-15(17)11-14)21-20(25)18-9-10-19(24)23(22-18)16-5-3-2-4-6-16/h2-6,13-15,17H,7-12H2,1H3,(H,21,25). The largest absolute Gasteiger partial charge is 0.348 e. The molecule has 5 heteroatoms. The van der Waals surface area contributed by atoms with E-state index in [2.05, 4.69) is 17.3 Å². The van der Waals surface area contributed by atoms with Crippen molar-refractivity contribution in [1.82, 2.24) is 5.32 Å². The number of rotatable bonds is 4. The average Bonchev–Trinajstić information content (AvgIpc) is 3.26. The van der Waals surface area contributed by atoms with Crippen LogP contribution in [0.1, 0.15) is 45.4 Å². The van der Waals surface area contributed by atoms with Gasteiger partial charge in [0.05, 0.1) is 5.69 Å². The first-order valence-corrected chi connectivity index (χ1v) is 9.38. The van der Waals surface area contributed by atoms with E-state index < -0.39 is 0 Å². The molecule has 5 nitrogen and oxygen atoms in total. The monoisotopic (exact) mass is 339 g/mol. The fraction of sp³-hybridized carbons (Fsp3) is 0.550. The van der Waals surface area contributed by atoms with Crippen LogP contribution in [0.3, 0.4) is 0 Å². The van der Waals surface area contributed by atoms with Crippen LogP contribution >= 0.6 is 0 Å². The van der Waals surface area contributed by atoms with E-state index in [4.69, 9.17) is 0 Å². The van der Waals surface area contributed by atoms with Gasteiger partial charge in [0.15, 0.2) is 0 Å². The first-order valence-electron chi connectivity index (χ1n) is 9.38. The minimum atomic E-state index is -0.122. The second kappa shape index (κ2) is 6.62. The fourth-order valence-electron chi connectivity index (χ4n) is 4.79. The van der Waals surface area contributed by atoms with Crippen LogP contribution < -0.4 is 10.3 Å². The number of benzene rings is 1. The Morgan fingerprint density at radius 2 is 2.00 bits per heavy atom. The van der Waals surface area contributed by atoms with E-state index in [9.17, 15) is 9.59 Å². The van der Waals surface area contributed by atoms with Crippen LogP contribution in [0.2, 0.25) is 0 Å². The zero-order chi connectivity index (χ0) is 17.4. The predicted molar refractivity (Wildman–Crippen MR) is 97.1 cm³/mol. The molecular weight excluding hydrogens is 314 g/mol. The predicted octanol–water partition coefficient (Wildman–Crippen LogP) is 3.11. The van der Waals surface area contributed by atoms with Crippen molar-refractivity contribution in [2.24, 2.45) is 22.9 Å². The summed E-state index contributed by atoms with van der Waals surface area (Å²) in [6.07, 6.45) is 5.99. The Kier molecular flexibility index (Phi) is 4.32. The van der Waals surface area contributed by atoms with Crippen molar-refractivity contribution in [3.8, 4) is 0 Å². The number of anilines is 1. The van der Waals surface area contributed by atoms with Crippen molar-refractivity contribution in [1.29, 1.82) is 0 Å². The number of nitrogens with one attached hydrogen (secondary N) is 1. The van der Waals surface area contributed by atoms with Gasteiger partial charge in [-0.05, 0) is 56.1 Å². The molecule has 2 saturated carbocycles. The summed E-state index contributed by atoms with van der Waals surface area (Å²) in [5.41, 5.74) is 1.16. The van der Waals surface area contributed by atoms with E-state index in [1.54, 1.807) is 0 Å². The second-order valence-corrected chi connectivity index (χ2v) is 7.69. The zero-order valence-corrected chi connectivity index (χ0v) is 14.6. The maximum absolute atomic E-state index is 12.7. The third kappa shape index (κ3) is 3.20. The summed E-state index contributed by atoms with van der Waals surface area (Å²) in [7, 11) is 0. The van der Waals surface area contributed by atoms with Crippen molar-refractivity contribution in [3.05, 3.63) is 30.3 Å². The molecule has 4 unspecified atom stereocenters. The molecular formula is C20H25N3O2. The number of carbonyl (C=O) groups excluding carboxylic acids is 2. The molecule has 4 atom stereocenters. The van der Waals surface area contributed by atoms with Crippen LogP contribution in [0.4, 0.5) is 5.69 Å². The van der Waals surface area contributed by atoms with Gasteiger partial charge in [-0.2, -0.15) is 5.10 Å². The number of fused-ring (bicyclic) bond motifs is 2. The molecule has 132 valence electrons. The number of hydrazone groups is 1. The zero-order valence-electron chi connectivity index (χ0n) is 14.6. The molecule has 0 saturated heterocycles. The number of nitrogens with zero attached hydrogens (tertiary/aromatic N) is 2. The Bertz CT molecular complexity index is 700. The topological polar surface area (TPSA) is 61.8 Å². The van der Waals surface area contributed by atoms with E-state index >= 15 is 0 Å². The minimum absolute atomic E-state index is 0.0658. The average molecular weight is 339 g/mol. The van der Waals surface area contributed by atoms with Gasteiger partial charge in [0, 0.05) is 18.9 Å². The van der Waals surface area contributed by atoms with Gasteiger partial charge in [0.1, 0.15) is 5.71 Å². The molecule has 0 aromatic heterocycles. The molecule has 2 fully saturated rings. The van der Waals surface area contributed by atoms with Crippen molar-refractivity contribution in [2.45, 2.75) is 51.5 Å². The first-order chi connectivity index (χ1) is 12.1. The molecule has 1 N–H and O–H groups in total. The van der Waals surface area contributed by atoms with E-state index in [1.807, 2.05) is 30.3 Å². The molecule has 3 aliphatic rings. The van der Waals surface area contributed by atoms with Gasteiger partial charge in [-0.15, -0.1) is 0 Å². The van der Waals surface area contributed by atoms with Crippen molar-refractivity contribution < 1.29 is 9.59 Å². The van der Waals surface area contributed by atoms with Gasteiger partial charge in [-0.25, -0.2) is 5.01 Å². The highest BCUT2D eigenvalue weighted by Gasteiger charge is 2.42. The lowest BCUT2D eigenvalue weighted by atomic mass is 9.84. The second-order valence-electron chi connectivity index (χ2n) is 7.69. The molecule has 0 spiro atoms. The summed E-state index contributed by atoms with van der Waals surface area (Å²) in [6, 6.07) is 9.47. The van der Waals surface area contributed by atoms with Gasteiger partial charge in [-0.3, -0.25) is 9.59 Å². The lowest BCUT2D eigenvalue weighted by Crippen LogP contribution is -2.45. The Hall–Kier alpha value is -2.17. The Morgan fingerprint density at radius 1 is 1.20 bits per heavy atom. The molecule has 0 radical (unpaired) electrons. The smallest absolute Gasteiger partial charge is 0.267 e. The SMILES string of the molecule is CC(NC(=O)C1=NN(c2ccccc2)C(=O)CC1)C1CC2CCC1C2. The third-order valence-corrected chi connectivity index (χ3v) is 6.09. The molecule has 2 bridgehead atoms. The highest BCUT2D eigenvalue weighted by Crippen LogP contribution is 2.49. The van der Waals surface area contributed by atoms with Gasteiger partial charge in [0.25, 0.3) is 5.91 Å². The number of para-hydroxylation sites is 1. The van der Waals surface area contributed by atoms with Gasteiger partial charge in [-0.1, -0.05) is 24.6 Å². The maximum Gasteiger partial charge on any atom is 0.267 e. The van der Waals surface area contributed by atoms with Crippen LogP contribution in [0.5, 0.6) is 0 Å². The quantitative estimate of drug-likeness (QED) is 0.916. The molecule has 2 aliphatic carbocycles. The Balaban J connectivity index is 1.45. The summed E-state index contributed by atoms with van der Waals surface area (Å²) < 4.78 is 0. The first kappa shape index (κ1) is 16.3. The summed E-state index contributed by atoms with van der Waals surface area (Å²) in [6.45, 7) is 2.12. The van der Waals surface area contributed by atoms with Crippen LogP contribution in [0.15, 0.2) is 35.4 Å². The van der Waals surface area contributed by atoms with E-state index in [-0.39, 0.29) is 17.9 Å². The van der Waals surface area contributed by atoms with E-state index in [1.165, 1.54) is 30.7 Å². The van der Waals surface area contributed by atoms with Gasteiger partial charge >= 0.3 is 0 Å². The summed E-state index contributed by atoms with van der Waals surface area (Å²) >= 11 is 0. The van der Waals surface area contributed by atoms with E-state index in [0.29, 0.717) is 30.2 Å². The minimum Gasteiger partial charge on any atom is -0.348 e. The van der Waals surface area contributed by atoms with Gasteiger partial charge in [0.2, 0.25) is 5.91 Å². The Labute approximate surface area is 148 Å². The number of amides is 2. The number of carbonyl (C=O) groups is 2. The van der Waals surface area contributed by atoms with Crippen LogP contribution in [-0.2, 0) is 9.59 Å². The lowest BCUT2D eigenvalue weighted by Gasteiger charge is -2.29. The normalized spacial score (nSPS) is 29.5. The van der Waals surface area contributed by atoms with Crippen molar-refractivity contribution >= 4 is 23.2 Å². The fourth-order valence-corrected chi connectivity index (χ4v) is 4.79. The molecule has 1 aromatic rings. The summed E-state index contributed by atoms with van der Waals surface area (Å²) in [4.78, 5) is 24.8. The number of hydrogen-bond acceptors (Lipinski definition) is 3. The number of hydrogen-bond donors (Lipinski definition) is 1. The lowest BCUT2D eigenvalue weighted by molar-refractivity contribution is -0.119. The van der Waals surface area contributed by atoms with Crippen LogP contribution in [0, 0.1) is 17.8 Å². The van der Waals surface area contributed by atoms with Crippen LogP contribution in [0.25, 0.3) is 0 Å². The van der Waals surface area contributed by atoms with Crippen molar-refractivity contribution in [2.75, 3.05) is 5.01 Å². The Morgan fingerprint density at radius 3 is 2.68 bits per heavy atom. The summed E-state index contributed by atoms with van der Waals surface area (Å²) in [5.74, 6) is 2.05. The molecule has 4 rings (SSSR count). The van der Waals surface area contributed by atoms with Gasteiger partial charge < -0.3 is 5.32 Å². The highest BCUT2D eigenvalue weighted by molar-refractivity contribution is 6.40. The summed E-state index contributed by atoms with van der Waals surface area (Å²) in [5, 5.41) is 8.87. The molecule has 1 aromatic carbocycles.